The average molecular weight is 415 g/mol. The van der Waals surface area contributed by atoms with Crippen LogP contribution in [0.25, 0.3) is 0 Å². The van der Waals surface area contributed by atoms with E-state index in [1.54, 1.807) is 41.5 Å². The third-order valence-electron chi connectivity index (χ3n) is 4.31. The minimum Gasteiger partial charge on any atom is -0.456 e. The Kier molecular flexibility index (Phi) is 5.44. The molecule has 9 nitrogen and oxygen atoms in total. The summed E-state index contributed by atoms with van der Waals surface area (Å²) < 4.78 is 11.2. The van der Waals surface area contributed by atoms with Crippen molar-refractivity contribution < 1.29 is 19.1 Å². The van der Waals surface area contributed by atoms with Crippen molar-refractivity contribution in [3.8, 4) is 0 Å². The molecule has 0 radical (unpaired) electrons. The number of benzene rings is 1. The number of nitrogens with zero attached hydrogens (tertiary/aromatic N) is 4. The van der Waals surface area contributed by atoms with Crippen LogP contribution in [0.3, 0.4) is 0 Å². The van der Waals surface area contributed by atoms with Gasteiger partial charge in [-0.05, 0) is 60.6 Å². The highest BCUT2D eigenvalue weighted by Gasteiger charge is 2.54. The Morgan fingerprint density at radius 2 is 1.77 bits per heavy atom. The molecule has 9 heteroatoms. The molecule has 1 aromatic carbocycles. The van der Waals surface area contributed by atoms with Gasteiger partial charge in [-0.1, -0.05) is 11.6 Å². The molecular formula is C21H29N5O4. The molecule has 3 rings (SSSR count). The monoisotopic (exact) mass is 415 g/mol. The number of fused-ring (bicyclic) bond motifs is 1. The van der Waals surface area contributed by atoms with Crippen LogP contribution in [0.15, 0.2) is 33.4 Å². The fraction of sp³-hybridized carbons (Fsp3) is 0.571. The maximum atomic E-state index is 13.3. The zero-order valence-electron chi connectivity index (χ0n) is 18.6. The van der Waals surface area contributed by atoms with Crippen LogP contribution in [0.2, 0.25) is 0 Å². The first kappa shape index (κ1) is 21.9. The van der Waals surface area contributed by atoms with Crippen molar-refractivity contribution >= 4 is 23.6 Å². The Morgan fingerprint density at radius 1 is 1.10 bits per heavy atom. The standard InChI is InChI=1S/C21H29N5O4/c1-13-8-9-15-14(12-13)16(25-24-15)23-21(17(27)29-19(2,3)4)22-10-11-26(21)18(28)30-20(5,6)7/h8-9,12,22H,10-11H2,1-7H3. The van der Waals surface area contributed by atoms with E-state index in [2.05, 4.69) is 20.5 Å². The fourth-order valence-corrected chi connectivity index (χ4v) is 3.12. The maximum absolute atomic E-state index is 13.3. The molecule has 2 heterocycles. The molecule has 2 aliphatic rings. The lowest BCUT2D eigenvalue weighted by Gasteiger charge is -2.35. The van der Waals surface area contributed by atoms with Gasteiger partial charge < -0.3 is 9.47 Å². The van der Waals surface area contributed by atoms with Gasteiger partial charge >= 0.3 is 12.1 Å². The van der Waals surface area contributed by atoms with E-state index in [4.69, 9.17) is 9.47 Å². The number of rotatable bonds is 2. The molecule has 162 valence electrons. The first-order chi connectivity index (χ1) is 13.8. The van der Waals surface area contributed by atoms with E-state index in [0.29, 0.717) is 17.8 Å². The second-order valence-electron chi connectivity index (χ2n) is 9.39. The van der Waals surface area contributed by atoms with E-state index in [1.807, 2.05) is 25.1 Å². The third-order valence-corrected chi connectivity index (χ3v) is 4.31. The highest BCUT2D eigenvalue weighted by Crippen LogP contribution is 2.32. The van der Waals surface area contributed by atoms with Crippen molar-refractivity contribution in [3.05, 3.63) is 29.3 Å². The van der Waals surface area contributed by atoms with Gasteiger partial charge in [0.1, 0.15) is 11.2 Å². The molecule has 0 spiro atoms. The number of carbonyl (C=O) groups excluding carboxylic acids is 2. The molecule has 1 saturated heterocycles. The van der Waals surface area contributed by atoms with Crippen LogP contribution in [-0.4, -0.2) is 52.9 Å². The summed E-state index contributed by atoms with van der Waals surface area (Å²) in [6.45, 7) is 13.1. The van der Waals surface area contributed by atoms with Gasteiger partial charge in [-0.2, -0.15) is 0 Å². The molecule has 1 aromatic rings. The fourth-order valence-electron chi connectivity index (χ4n) is 3.12. The lowest BCUT2D eigenvalue weighted by molar-refractivity contribution is -0.168. The number of esters is 1. The molecule has 1 atom stereocenters. The summed E-state index contributed by atoms with van der Waals surface area (Å²) in [5, 5.41) is 11.3. The number of ether oxygens (including phenoxy) is 2. The van der Waals surface area contributed by atoms with Crippen LogP contribution in [0.5, 0.6) is 0 Å². The summed E-state index contributed by atoms with van der Waals surface area (Å²) in [5.41, 5.74) is 0.836. The normalized spacial score (nSPS) is 22.4. The Hall–Kier alpha value is -2.81. The minimum absolute atomic E-state index is 0.225. The van der Waals surface area contributed by atoms with E-state index in [1.165, 1.54) is 4.90 Å². The number of aryl methyl sites for hydroxylation is 1. The number of hydrogen-bond donors (Lipinski definition) is 1. The van der Waals surface area contributed by atoms with E-state index < -0.39 is 29.1 Å². The van der Waals surface area contributed by atoms with Gasteiger partial charge in [0.15, 0.2) is 5.84 Å². The SMILES string of the molecule is Cc1ccc2c(c1)C(=NC1(C(=O)OC(C)(C)C)NCCN1C(=O)OC(C)(C)C)N=N2. The van der Waals surface area contributed by atoms with E-state index in [0.717, 1.165) is 5.56 Å². The minimum atomic E-state index is -1.80. The summed E-state index contributed by atoms with van der Waals surface area (Å²) in [4.78, 5) is 32.1. The molecule has 1 N–H and O–H groups in total. The van der Waals surface area contributed by atoms with Crippen LogP contribution in [-0.2, 0) is 14.3 Å². The van der Waals surface area contributed by atoms with E-state index in [-0.39, 0.29) is 12.4 Å². The van der Waals surface area contributed by atoms with Crippen molar-refractivity contribution in [2.75, 3.05) is 13.1 Å². The number of amidine groups is 1. The Balaban J connectivity index is 2.08. The van der Waals surface area contributed by atoms with Crippen LogP contribution in [0, 0.1) is 6.92 Å². The molecule has 30 heavy (non-hydrogen) atoms. The second-order valence-corrected chi connectivity index (χ2v) is 9.39. The van der Waals surface area contributed by atoms with Crippen molar-refractivity contribution in [1.29, 1.82) is 0 Å². The number of aliphatic imine (C=N–C) groups is 1. The van der Waals surface area contributed by atoms with Crippen LogP contribution < -0.4 is 5.32 Å². The average Bonchev–Trinajstić information content (AvgIpc) is 3.17. The predicted octanol–water partition coefficient (Wildman–Crippen LogP) is 3.67. The number of hydrogen-bond acceptors (Lipinski definition) is 7. The van der Waals surface area contributed by atoms with Crippen molar-refractivity contribution in [1.82, 2.24) is 10.2 Å². The zero-order chi connectivity index (χ0) is 22.3. The summed E-state index contributed by atoms with van der Waals surface area (Å²) in [6, 6.07) is 5.65. The number of azo groups is 1. The summed E-state index contributed by atoms with van der Waals surface area (Å²) in [6.07, 6.45) is -0.665. The van der Waals surface area contributed by atoms with E-state index >= 15 is 0 Å². The highest BCUT2D eigenvalue weighted by molar-refractivity contribution is 6.07. The number of amides is 1. The molecule has 0 aromatic heterocycles. The number of carbonyl (C=O) groups is 2. The third kappa shape index (κ3) is 4.51. The topological polar surface area (TPSA) is 105 Å². The number of nitrogens with one attached hydrogen (secondary N) is 1. The van der Waals surface area contributed by atoms with Crippen molar-refractivity contribution in [3.63, 3.8) is 0 Å². The Morgan fingerprint density at radius 3 is 2.40 bits per heavy atom. The zero-order valence-corrected chi connectivity index (χ0v) is 18.6. The molecule has 1 fully saturated rings. The van der Waals surface area contributed by atoms with Crippen LogP contribution in [0.1, 0.15) is 52.7 Å². The molecule has 1 unspecified atom stereocenters. The maximum Gasteiger partial charge on any atom is 0.413 e. The van der Waals surface area contributed by atoms with Crippen LogP contribution >= 0.6 is 0 Å². The summed E-state index contributed by atoms with van der Waals surface area (Å²) >= 11 is 0. The lowest BCUT2D eigenvalue weighted by Crippen LogP contribution is -2.61. The molecule has 0 saturated carbocycles. The summed E-state index contributed by atoms with van der Waals surface area (Å²) in [5.74, 6) is -2.25. The summed E-state index contributed by atoms with van der Waals surface area (Å²) in [7, 11) is 0. The van der Waals surface area contributed by atoms with Crippen molar-refractivity contribution in [2.45, 2.75) is 65.5 Å². The largest absolute Gasteiger partial charge is 0.456 e. The van der Waals surface area contributed by atoms with Crippen molar-refractivity contribution in [2.24, 2.45) is 15.2 Å². The molecule has 0 bridgehead atoms. The van der Waals surface area contributed by atoms with Gasteiger partial charge in [-0.25, -0.2) is 14.6 Å². The molecule has 2 aliphatic heterocycles. The molecular weight excluding hydrogens is 386 g/mol. The van der Waals surface area contributed by atoms with E-state index in [9.17, 15) is 9.59 Å². The Labute approximate surface area is 176 Å². The smallest absolute Gasteiger partial charge is 0.413 e. The molecule has 0 aliphatic carbocycles. The second kappa shape index (κ2) is 7.46. The van der Waals surface area contributed by atoms with Gasteiger partial charge in [0, 0.05) is 18.7 Å². The quantitative estimate of drug-likeness (QED) is 0.742. The van der Waals surface area contributed by atoms with Gasteiger partial charge in [0.05, 0.1) is 5.69 Å². The van der Waals surface area contributed by atoms with Crippen LogP contribution in [0.4, 0.5) is 10.5 Å². The van der Waals surface area contributed by atoms with Gasteiger partial charge in [-0.3, -0.25) is 10.2 Å². The van der Waals surface area contributed by atoms with Gasteiger partial charge in [0.25, 0.3) is 5.79 Å². The Bertz CT molecular complexity index is 926. The predicted molar refractivity (Wildman–Crippen MR) is 112 cm³/mol. The first-order valence-electron chi connectivity index (χ1n) is 9.92. The lowest BCUT2D eigenvalue weighted by atomic mass is 10.1. The highest BCUT2D eigenvalue weighted by atomic mass is 16.6. The van der Waals surface area contributed by atoms with Gasteiger partial charge in [-0.15, -0.1) is 10.2 Å². The van der Waals surface area contributed by atoms with Gasteiger partial charge in [0.2, 0.25) is 0 Å². The first-order valence-corrected chi connectivity index (χ1v) is 9.92. The molecule has 1 amide bonds.